The first-order chi connectivity index (χ1) is 8.60. The monoisotopic (exact) mass is 252 g/mol. The maximum Gasteiger partial charge on any atom is 0.122 e. The molecule has 4 nitrogen and oxygen atoms in total. The van der Waals surface area contributed by atoms with Gasteiger partial charge in [-0.25, -0.2) is 0 Å². The van der Waals surface area contributed by atoms with Crippen LogP contribution in [0.2, 0.25) is 0 Å². The number of nitrogens with one attached hydrogen (secondary N) is 1. The Bertz CT molecular complexity index is 380. The van der Waals surface area contributed by atoms with E-state index in [4.69, 9.17) is 10.5 Å². The quantitative estimate of drug-likeness (QED) is 0.627. The van der Waals surface area contributed by atoms with E-state index in [-0.39, 0.29) is 0 Å². The minimum atomic E-state index is -0.455. The van der Waals surface area contributed by atoms with Crippen molar-refractivity contribution in [2.24, 2.45) is 5.73 Å². The first-order valence-electron chi connectivity index (χ1n) is 6.32. The molecule has 0 saturated carbocycles. The standard InChI is InChI=1S/C14H24N2O2/c1-10-11(2)14(18-3)5-4-12(10)6-7-16-9-13(17)8-15/h4-5,13,16-17H,6-9,15H2,1-3H3. The number of nitrogens with two attached hydrogens (primary N) is 1. The number of hydrogen-bond donors (Lipinski definition) is 3. The molecule has 0 fully saturated rings. The van der Waals surface area contributed by atoms with Crippen molar-refractivity contribution < 1.29 is 9.84 Å². The van der Waals surface area contributed by atoms with Crippen molar-refractivity contribution in [2.75, 3.05) is 26.7 Å². The highest BCUT2D eigenvalue weighted by atomic mass is 16.5. The lowest BCUT2D eigenvalue weighted by molar-refractivity contribution is 0.180. The molecule has 4 heteroatoms. The van der Waals surface area contributed by atoms with Crippen molar-refractivity contribution in [2.45, 2.75) is 26.4 Å². The number of ether oxygens (including phenoxy) is 1. The summed E-state index contributed by atoms with van der Waals surface area (Å²) >= 11 is 0. The largest absolute Gasteiger partial charge is 0.496 e. The fraction of sp³-hybridized carbons (Fsp3) is 0.571. The second kappa shape index (κ2) is 7.36. The van der Waals surface area contributed by atoms with E-state index in [1.165, 1.54) is 16.7 Å². The highest BCUT2D eigenvalue weighted by Gasteiger charge is 2.06. The van der Waals surface area contributed by atoms with Gasteiger partial charge in [-0.3, -0.25) is 0 Å². The number of methoxy groups -OCH3 is 1. The van der Waals surface area contributed by atoms with E-state index >= 15 is 0 Å². The summed E-state index contributed by atoms with van der Waals surface area (Å²) in [5.74, 6) is 0.933. The molecule has 0 aliphatic carbocycles. The summed E-state index contributed by atoms with van der Waals surface area (Å²) in [7, 11) is 1.69. The molecule has 1 aromatic rings. The third-order valence-corrected chi connectivity index (χ3v) is 3.29. The number of aliphatic hydroxyl groups is 1. The van der Waals surface area contributed by atoms with Crippen LogP contribution in [0, 0.1) is 13.8 Å². The fourth-order valence-corrected chi connectivity index (χ4v) is 1.92. The molecule has 0 aliphatic rings. The molecular formula is C14H24N2O2. The molecule has 1 aromatic carbocycles. The normalized spacial score (nSPS) is 12.5. The van der Waals surface area contributed by atoms with Crippen molar-refractivity contribution in [3.05, 3.63) is 28.8 Å². The smallest absolute Gasteiger partial charge is 0.122 e. The zero-order valence-corrected chi connectivity index (χ0v) is 11.5. The molecule has 0 bridgehead atoms. The third-order valence-electron chi connectivity index (χ3n) is 3.29. The van der Waals surface area contributed by atoms with Crippen LogP contribution < -0.4 is 15.8 Å². The number of aliphatic hydroxyl groups excluding tert-OH is 1. The average molecular weight is 252 g/mol. The Morgan fingerprint density at radius 3 is 2.67 bits per heavy atom. The van der Waals surface area contributed by atoms with Crippen molar-refractivity contribution in [3.8, 4) is 5.75 Å². The summed E-state index contributed by atoms with van der Waals surface area (Å²) in [4.78, 5) is 0. The Kier molecular flexibility index (Phi) is 6.12. The van der Waals surface area contributed by atoms with E-state index in [9.17, 15) is 5.11 Å². The van der Waals surface area contributed by atoms with Crippen molar-refractivity contribution in [3.63, 3.8) is 0 Å². The summed E-state index contributed by atoms with van der Waals surface area (Å²) in [5.41, 5.74) is 9.11. The Morgan fingerprint density at radius 2 is 2.06 bits per heavy atom. The van der Waals surface area contributed by atoms with E-state index in [2.05, 4.69) is 25.2 Å². The molecular weight excluding hydrogens is 228 g/mol. The van der Waals surface area contributed by atoms with Gasteiger partial charge in [0.15, 0.2) is 0 Å². The SMILES string of the molecule is COc1ccc(CCNCC(O)CN)c(C)c1C. The predicted molar refractivity (Wildman–Crippen MR) is 74.1 cm³/mol. The lowest BCUT2D eigenvalue weighted by Gasteiger charge is -2.13. The van der Waals surface area contributed by atoms with Crippen LogP contribution >= 0.6 is 0 Å². The van der Waals surface area contributed by atoms with Crippen molar-refractivity contribution >= 4 is 0 Å². The summed E-state index contributed by atoms with van der Waals surface area (Å²) in [6, 6.07) is 4.11. The molecule has 1 atom stereocenters. The molecule has 0 aliphatic heterocycles. The Morgan fingerprint density at radius 1 is 1.33 bits per heavy atom. The molecule has 0 aromatic heterocycles. The Balaban J connectivity index is 2.50. The van der Waals surface area contributed by atoms with E-state index in [0.717, 1.165) is 18.7 Å². The summed E-state index contributed by atoms with van der Waals surface area (Å²) in [6.45, 7) is 5.87. The van der Waals surface area contributed by atoms with E-state index < -0.39 is 6.10 Å². The zero-order chi connectivity index (χ0) is 13.5. The molecule has 0 spiro atoms. The molecule has 4 N–H and O–H groups in total. The second-order valence-electron chi connectivity index (χ2n) is 4.52. The van der Waals surface area contributed by atoms with Crippen LogP contribution in [0.3, 0.4) is 0 Å². The minimum Gasteiger partial charge on any atom is -0.496 e. The minimum absolute atomic E-state index is 0.299. The molecule has 18 heavy (non-hydrogen) atoms. The van der Waals surface area contributed by atoms with Gasteiger partial charge >= 0.3 is 0 Å². The van der Waals surface area contributed by atoms with Crippen LogP contribution in [-0.4, -0.2) is 38.0 Å². The second-order valence-corrected chi connectivity index (χ2v) is 4.52. The highest BCUT2D eigenvalue weighted by Crippen LogP contribution is 2.23. The molecule has 1 rings (SSSR count). The summed E-state index contributed by atoms with van der Waals surface area (Å²) in [5, 5.41) is 12.5. The molecule has 0 heterocycles. The van der Waals surface area contributed by atoms with E-state index in [0.29, 0.717) is 13.1 Å². The molecule has 0 saturated heterocycles. The van der Waals surface area contributed by atoms with Gasteiger partial charge in [0, 0.05) is 13.1 Å². The first kappa shape index (κ1) is 15.0. The molecule has 0 amide bonds. The maximum atomic E-state index is 9.32. The fourth-order valence-electron chi connectivity index (χ4n) is 1.92. The van der Waals surface area contributed by atoms with Crippen molar-refractivity contribution in [1.29, 1.82) is 0 Å². The summed E-state index contributed by atoms with van der Waals surface area (Å²) in [6.07, 6.45) is 0.484. The van der Waals surface area contributed by atoms with Crippen LogP contribution in [0.4, 0.5) is 0 Å². The van der Waals surface area contributed by atoms with Gasteiger partial charge in [0.1, 0.15) is 5.75 Å². The number of rotatable bonds is 7. The topological polar surface area (TPSA) is 67.5 Å². The number of benzene rings is 1. The third kappa shape index (κ3) is 3.98. The van der Waals surface area contributed by atoms with Crippen molar-refractivity contribution in [1.82, 2.24) is 5.32 Å². The van der Waals surface area contributed by atoms with Crippen LogP contribution in [0.1, 0.15) is 16.7 Å². The molecule has 0 radical (unpaired) electrons. The van der Waals surface area contributed by atoms with Gasteiger partial charge in [0.25, 0.3) is 0 Å². The maximum absolute atomic E-state index is 9.32. The predicted octanol–water partition coefficient (Wildman–Crippen LogP) is 0.764. The number of hydrogen-bond acceptors (Lipinski definition) is 4. The van der Waals surface area contributed by atoms with Gasteiger partial charge in [0.05, 0.1) is 13.2 Å². The average Bonchev–Trinajstić information content (AvgIpc) is 2.39. The van der Waals surface area contributed by atoms with Gasteiger partial charge < -0.3 is 20.9 Å². The Labute approximate surface area is 109 Å². The van der Waals surface area contributed by atoms with Gasteiger partial charge in [-0.1, -0.05) is 6.07 Å². The van der Waals surface area contributed by atoms with Gasteiger partial charge in [0.2, 0.25) is 0 Å². The molecule has 102 valence electrons. The Hall–Kier alpha value is -1.10. The highest BCUT2D eigenvalue weighted by molar-refractivity contribution is 5.43. The summed E-state index contributed by atoms with van der Waals surface area (Å²) < 4.78 is 5.29. The van der Waals surface area contributed by atoms with Gasteiger partial charge in [-0.05, 0) is 49.6 Å². The lowest BCUT2D eigenvalue weighted by Crippen LogP contribution is -2.33. The zero-order valence-electron chi connectivity index (χ0n) is 11.5. The van der Waals surface area contributed by atoms with Crippen LogP contribution in [0.5, 0.6) is 5.75 Å². The van der Waals surface area contributed by atoms with E-state index in [1.54, 1.807) is 7.11 Å². The first-order valence-corrected chi connectivity index (χ1v) is 6.32. The van der Waals surface area contributed by atoms with Crippen LogP contribution in [0.25, 0.3) is 0 Å². The van der Waals surface area contributed by atoms with Gasteiger partial charge in [-0.15, -0.1) is 0 Å². The van der Waals surface area contributed by atoms with E-state index in [1.807, 2.05) is 6.07 Å². The van der Waals surface area contributed by atoms with Gasteiger partial charge in [-0.2, -0.15) is 0 Å². The molecule has 1 unspecified atom stereocenters. The lowest BCUT2D eigenvalue weighted by atomic mass is 10.00. The van der Waals surface area contributed by atoms with Crippen LogP contribution in [0.15, 0.2) is 12.1 Å². The van der Waals surface area contributed by atoms with Crippen LogP contribution in [-0.2, 0) is 6.42 Å².